The van der Waals surface area contributed by atoms with Crippen LogP contribution in [0.2, 0.25) is 0 Å². The van der Waals surface area contributed by atoms with Crippen molar-refractivity contribution in [2.24, 2.45) is 17.8 Å². The fraction of sp³-hybridized carbons (Fsp3) is 0.800. The van der Waals surface area contributed by atoms with Gasteiger partial charge in [-0.2, -0.15) is 0 Å². The van der Waals surface area contributed by atoms with Crippen LogP contribution < -0.4 is 0 Å². The number of rotatable bonds is 1. The molecule has 0 spiro atoms. The first kappa shape index (κ1) is 7.84. The van der Waals surface area contributed by atoms with Gasteiger partial charge in [0.2, 0.25) is 0 Å². The van der Waals surface area contributed by atoms with E-state index in [9.17, 15) is 0 Å². The molecule has 0 bridgehead atoms. The van der Waals surface area contributed by atoms with E-state index in [2.05, 4.69) is 32.9 Å². The van der Waals surface area contributed by atoms with Gasteiger partial charge in [-0.3, -0.25) is 0 Å². The highest BCUT2D eigenvalue weighted by Crippen LogP contribution is 2.28. The maximum atomic E-state index is 2.35. The third-order valence-electron chi connectivity index (χ3n) is 2.52. The Kier molecular flexibility index (Phi) is 2.53. The fourth-order valence-electron chi connectivity index (χ4n) is 1.68. The molecular weight excluding hydrogens is 120 g/mol. The zero-order valence-electron chi connectivity index (χ0n) is 7.30. The molecule has 0 saturated heterocycles. The van der Waals surface area contributed by atoms with Crippen LogP contribution in [-0.4, -0.2) is 0 Å². The van der Waals surface area contributed by atoms with E-state index in [0.29, 0.717) is 0 Å². The second kappa shape index (κ2) is 3.23. The lowest BCUT2D eigenvalue weighted by Crippen LogP contribution is -2.14. The van der Waals surface area contributed by atoms with E-state index in [-0.39, 0.29) is 0 Å². The van der Waals surface area contributed by atoms with Crippen molar-refractivity contribution in [3.63, 3.8) is 0 Å². The summed E-state index contributed by atoms with van der Waals surface area (Å²) >= 11 is 0. The first-order chi connectivity index (χ1) is 4.70. The predicted octanol–water partition coefficient (Wildman–Crippen LogP) is 3.24. The van der Waals surface area contributed by atoms with Gasteiger partial charge in [0, 0.05) is 0 Å². The van der Waals surface area contributed by atoms with Crippen molar-refractivity contribution in [2.45, 2.75) is 33.6 Å². The van der Waals surface area contributed by atoms with Gasteiger partial charge in [-0.1, -0.05) is 32.9 Å². The Morgan fingerprint density at radius 2 is 2.10 bits per heavy atom. The Morgan fingerprint density at radius 1 is 1.40 bits per heavy atom. The van der Waals surface area contributed by atoms with Crippen LogP contribution in [0.4, 0.5) is 0 Å². The number of hydrogen-bond donors (Lipinski definition) is 0. The molecule has 1 rings (SSSR count). The second-order valence-corrected chi connectivity index (χ2v) is 3.88. The fourth-order valence-corrected chi connectivity index (χ4v) is 1.68. The Balaban J connectivity index is 2.44. The molecule has 0 heterocycles. The largest absolute Gasteiger partial charge is 0.0880 e. The molecule has 0 nitrogen and oxygen atoms in total. The van der Waals surface area contributed by atoms with Crippen LogP contribution >= 0.6 is 0 Å². The topological polar surface area (TPSA) is 0 Å². The molecule has 0 aromatic carbocycles. The summed E-state index contributed by atoms with van der Waals surface area (Å²) in [7, 11) is 0. The zero-order chi connectivity index (χ0) is 7.56. The average Bonchev–Trinajstić information content (AvgIpc) is 1.88. The lowest BCUT2D eigenvalue weighted by molar-refractivity contribution is 0.319. The highest BCUT2D eigenvalue weighted by molar-refractivity contribution is 4.94. The molecule has 1 aliphatic rings. The lowest BCUT2D eigenvalue weighted by Gasteiger charge is -2.25. The van der Waals surface area contributed by atoms with E-state index in [4.69, 9.17) is 0 Å². The Bertz CT molecular complexity index is 122. The molecule has 2 atom stereocenters. The van der Waals surface area contributed by atoms with E-state index in [1.54, 1.807) is 0 Å². The summed E-state index contributed by atoms with van der Waals surface area (Å²) in [4.78, 5) is 0. The highest BCUT2D eigenvalue weighted by atomic mass is 14.2. The molecule has 0 heteroatoms. The van der Waals surface area contributed by atoms with Gasteiger partial charge >= 0.3 is 0 Å². The van der Waals surface area contributed by atoms with Crippen molar-refractivity contribution < 1.29 is 0 Å². The van der Waals surface area contributed by atoms with Crippen molar-refractivity contribution in [1.29, 1.82) is 0 Å². The maximum Gasteiger partial charge on any atom is -0.0259 e. The minimum atomic E-state index is 0.821. The summed E-state index contributed by atoms with van der Waals surface area (Å²) in [6.45, 7) is 6.97. The molecule has 10 heavy (non-hydrogen) atoms. The SMILES string of the molecule is CC1C=CCC(C(C)C)C1. The van der Waals surface area contributed by atoms with Crippen molar-refractivity contribution in [2.75, 3.05) is 0 Å². The smallest absolute Gasteiger partial charge is 0.0259 e. The molecule has 0 radical (unpaired) electrons. The van der Waals surface area contributed by atoms with Crippen LogP contribution in [0, 0.1) is 17.8 Å². The zero-order valence-corrected chi connectivity index (χ0v) is 7.30. The van der Waals surface area contributed by atoms with Gasteiger partial charge in [0.1, 0.15) is 0 Å². The minimum Gasteiger partial charge on any atom is -0.0880 e. The Hall–Kier alpha value is -0.260. The molecule has 58 valence electrons. The first-order valence-electron chi connectivity index (χ1n) is 4.37. The third kappa shape index (κ3) is 1.86. The molecule has 0 fully saturated rings. The lowest BCUT2D eigenvalue weighted by atomic mass is 9.81. The highest BCUT2D eigenvalue weighted by Gasteiger charge is 2.17. The molecule has 2 unspecified atom stereocenters. The van der Waals surface area contributed by atoms with Gasteiger partial charge in [0.15, 0.2) is 0 Å². The van der Waals surface area contributed by atoms with Gasteiger partial charge in [0.05, 0.1) is 0 Å². The molecule has 0 aromatic rings. The van der Waals surface area contributed by atoms with Gasteiger partial charge in [-0.25, -0.2) is 0 Å². The molecule has 0 aliphatic heterocycles. The van der Waals surface area contributed by atoms with E-state index >= 15 is 0 Å². The van der Waals surface area contributed by atoms with Crippen LogP contribution in [0.3, 0.4) is 0 Å². The molecule has 0 saturated carbocycles. The van der Waals surface area contributed by atoms with Crippen LogP contribution in [-0.2, 0) is 0 Å². The Morgan fingerprint density at radius 3 is 2.50 bits per heavy atom. The molecule has 1 aliphatic carbocycles. The monoisotopic (exact) mass is 138 g/mol. The predicted molar refractivity (Wildman–Crippen MR) is 45.9 cm³/mol. The van der Waals surface area contributed by atoms with Gasteiger partial charge in [0.25, 0.3) is 0 Å². The van der Waals surface area contributed by atoms with Crippen molar-refractivity contribution in [3.05, 3.63) is 12.2 Å². The molecular formula is C10H18. The van der Waals surface area contributed by atoms with Crippen LogP contribution in [0.15, 0.2) is 12.2 Å². The summed E-state index contributed by atoms with van der Waals surface area (Å²) in [6, 6.07) is 0. The molecule has 0 N–H and O–H groups in total. The quantitative estimate of drug-likeness (QED) is 0.488. The number of allylic oxidation sites excluding steroid dienone is 2. The Labute approximate surface area is 64.3 Å². The summed E-state index contributed by atoms with van der Waals surface area (Å²) in [5.41, 5.74) is 0. The van der Waals surface area contributed by atoms with Gasteiger partial charge < -0.3 is 0 Å². The molecule has 0 aromatic heterocycles. The minimum absolute atomic E-state index is 0.821. The first-order valence-corrected chi connectivity index (χ1v) is 4.37. The average molecular weight is 138 g/mol. The normalized spacial score (nSPS) is 33.2. The number of hydrogen-bond acceptors (Lipinski definition) is 0. The van der Waals surface area contributed by atoms with E-state index in [1.807, 2.05) is 0 Å². The van der Waals surface area contributed by atoms with E-state index in [0.717, 1.165) is 17.8 Å². The standard InChI is InChI=1S/C10H18/c1-8(2)10-6-4-5-9(3)7-10/h4-5,8-10H,6-7H2,1-3H3. The van der Waals surface area contributed by atoms with Crippen LogP contribution in [0.25, 0.3) is 0 Å². The summed E-state index contributed by atoms with van der Waals surface area (Å²) in [6.07, 6.45) is 7.40. The van der Waals surface area contributed by atoms with Crippen LogP contribution in [0.5, 0.6) is 0 Å². The van der Waals surface area contributed by atoms with Crippen molar-refractivity contribution >= 4 is 0 Å². The van der Waals surface area contributed by atoms with E-state index < -0.39 is 0 Å². The van der Waals surface area contributed by atoms with Gasteiger partial charge in [-0.15, -0.1) is 0 Å². The van der Waals surface area contributed by atoms with E-state index in [1.165, 1.54) is 12.8 Å². The molecule has 0 amide bonds. The second-order valence-electron chi connectivity index (χ2n) is 3.88. The maximum absolute atomic E-state index is 2.35. The summed E-state index contributed by atoms with van der Waals surface area (Å²) < 4.78 is 0. The summed E-state index contributed by atoms with van der Waals surface area (Å²) in [5, 5.41) is 0. The van der Waals surface area contributed by atoms with Crippen molar-refractivity contribution in [1.82, 2.24) is 0 Å². The van der Waals surface area contributed by atoms with Gasteiger partial charge in [-0.05, 0) is 30.6 Å². The third-order valence-corrected chi connectivity index (χ3v) is 2.52. The summed E-state index contributed by atoms with van der Waals surface area (Å²) in [5.74, 6) is 2.63. The van der Waals surface area contributed by atoms with Crippen LogP contribution in [0.1, 0.15) is 33.6 Å². The van der Waals surface area contributed by atoms with Crippen molar-refractivity contribution in [3.8, 4) is 0 Å².